The van der Waals surface area contributed by atoms with Crippen molar-refractivity contribution in [3.05, 3.63) is 47.8 Å². The lowest BCUT2D eigenvalue weighted by Crippen LogP contribution is -2.30. The molecule has 26 heavy (non-hydrogen) atoms. The number of anilines is 1. The number of hydrogen-bond acceptors (Lipinski definition) is 5. The average molecular weight is 352 g/mol. The smallest absolute Gasteiger partial charge is 0.225 e. The summed E-state index contributed by atoms with van der Waals surface area (Å²) in [5.41, 5.74) is 2.60. The van der Waals surface area contributed by atoms with Gasteiger partial charge in [-0.2, -0.15) is 0 Å². The van der Waals surface area contributed by atoms with Gasteiger partial charge in [0.1, 0.15) is 5.75 Å². The maximum atomic E-state index is 5.31. The maximum absolute atomic E-state index is 5.31. The summed E-state index contributed by atoms with van der Waals surface area (Å²) in [6.07, 6.45) is 6.17. The predicted molar refractivity (Wildman–Crippen MR) is 104 cm³/mol. The molecular formula is C21H28N4O. The second-order valence-electron chi connectivity index (χ2n) is 7.63. The van der Waals surface area contributed by atoms with E-state index in [0.717, 1.165) is 44.2 Å². The molecule has 3 heterocycles. The monoisotopic (exact) mass is 352 g/mol. The molecule has 0 saturated carbocycles. The van der Waals surface area contributed by atoms with E-state index in [-0.39, 0.29) is 0 Å². The Morgan fingerprint density at radius 3 is 2.46 bits per heavy atom. The average Bonchev–Trinajstić information content (AvgIpc) is 3.19. The summed E-state index contributed by atoms with van der Waals surface area (Å²) in [6.45, 7) is 5.39. The summed E-state index contributed by atoms with van der Waals surface area (Å²) in [5.74, 6) is 3.09. The fraction of sp³-hybridized carbons (Fsp3) is 0.524. The van der Waals surface area contributed by atoms with Gasteiger partial charge in [0, 0.05) is 44.0 Å². The largest absolute Gasteiger partial charge is 0.497 e. The van der Waals surface area contributed by atoms with Crippen LogP contribution in [0, 0.1) is 11.8 Å². The molecular weight excluding hydrogens is 324 g/mol. The molecule has 138 valence electrons. The van der Waals surface area contributed by atoms with Gasteiger partial charge < -0.3 is 9.64 Å². The molecule has 1 aromatic heterocycles. The lowest BCUT2D eigenvalue weighted by Gasteiger charge is -2.27. The van der Waals surface area contributed by atoms with Crippen molar-refractivity contribution < 1.29 is 4.74 Å². The molecule has 4 rings (SSSR count). The minimum atomic E-state index is 0.454. The van der Waals surface area contributed by atoms with Crippen LogP contribution >= 0.6 is 0 Å². The van der Waals surface area contributed by atoms with Gasteiger partial charge >= 0.3 is 0 Å². The number of aryl methyl sites for hydroxylation is 1. The van der Waals surface area contributed by atoms with Crippen molar-refractivity contribution in [1.29, 1.82) is 0 Å². The first kappa shape index (κ1) is 17.3. The number of methoxy groups -OCH3 is 1. The fourth-order valence-electron chi connectivity index (χ4n) is 4.65. The first-order chi connectivity index (χ1) is 12.7. The molecule has 2 aromatic rings. The molecule has 2 aliphatic heterocycles. The van der Waals surface area contributed by atoms with Crippen LogP contribution in [0.2, 0.25) is 0 Å². The van der Waals surface area contributed by atoms with Gasteiger partial charge in [-0.15, -0.1) is 0 Å². The number of ether oxygens (including phenoxy) is 1. The van der Waals surface area contributed by atoms with Crippen LogP contribution in [0.1, 0.15) is 30.5 Å². The van der Waals surface area contributed by atoms with E-state index in [0.29, 0.717) is 17.9 Å². The highest BCUT2D eigenvalue weighted by atomic mass is 16.5. The summed E-state index contributed by atoms with van der Waals surface area (Å²) in [7, 11) is 3.96. The Hall–Kier alpha value is -2.14. The quantitative estimate of drug-likeness (QED) is 0.827. The van der Waals surface area contributed by atoms with Gasteiger partial charge in [0.25, 0.3) is 0 Å². The van der Waals surface area contributed by atoms with Crippen LogP contribution in [-0.4, -0.2) is 48.7 Å². The number of benzene rings is 1. The third kappa shape index (κ3) is 3.16. The van der Waals surface area contributed by atoms with E-state index in [1.54, 1.807) is 7.11 Å². The molecule has 3 atom stereocenters. The van der Waals surface area contributed by atoms with Crippen molar-refractivity contribution in [3.63, 3.8) is 0 Å². The molecule has 5 nitrogen and oxygen atoms in total. The zero-order valence-corrected chi connectivity index (χ0v) is 15.9. The fourth-order valence-corrected chi connectivity index (χ4v) is 4.65. The van der Waals surface area contributed by atoms with Gasteiger partial charge in [-0.1, -0.05) is 25.5 Å². The Morgan fingerprint density at radius 1 is 1.08 bits per heavy atom. The first-order valence-corrected chi connectivity index (χ1v) is 9.59. The Morgan fingerprint density at radius 2 is 1.81 bits per heavy atom. The van der Waals surface area contributed by atoms with Gasteiger partial charge in [-0.25, -0.2) is 9.97 Å². The molecule has 0 aliphatic carbocycles. The zero-order chi connectivity index (χ0) is 18.1. The third-order valence-electron chi connectivity index (χ3n) is 5.87. The summed E-state index contributed by atoms with van der Waals surface area (Å²) >= 11 is 0. The summed E-state index contributed by atoms with van der Waals surface area (Å²) < 4.78 is 5.31. The standard InChI is InChI=1S/C21H28N4O/c1-4-5-15-10-22-21(23-11-15)25-13-17-12-24(2)20(19(17)14-25)16-6-8-18(26-3)9-7-16/h6-11,17,19-20H,4-5,12-14H2,1-3H3/t17-,19+,20-/m0/s1. The van der Waals surface area contributed by atoms with Crippen molar-refractivity contribution in [1.82, 2.24) is 14.9 Å². The summed E-state index contributed by atoms with van der Waals surface area (Å²) in [5, 5.41) is 0. The van der Waals surface area contributed by atoms with Crippen LogP contribution < -0.4 is 9.64 Å². The number of aromatic nitrogens is 2. The van der Waals surface area contributed by atoms with Crippen LogP contribution in [0.25, 0.3) is 0 Å². The van der Waals surface area contributed by atoms with E-state index < -0.39 is 0 Å². The lowest BCUT2D eigenvalue weighted by molar-refractivity contribution is 0.279. The molecule has 0 bridgehead atoms. The molecule has 0 unspecified atom stereocenters. The van der Waals surface area contributed by atoms with E-state index in [2.05, 4.69) is 58.0 Å². The molecule has 2 fully saturated rings. The lowest BCUT2D eigenvalue weighted by atomic mass is 9.89. The predicted octanol–water partition coefficient (Wildman–Crippen LogP) is 3.18. The number of hydrogen-bond donors (Lipinski definition) is 0. The molecule has 0 radical (unpaired) electrons. The SMILES string of the molecule is CCCc1cnc(N2C[C@@H]3CN(C)[C@@H](c4ccc(OC)cc4)[C@@H]3C2)nc1. The molecule has 2 aliphatic rings. The second-order valence-corrected chi connectivity index (χ2v) is 7.63. The van der Waals surface area contributed by atoms with Gasteiger partial charge in [-0.05, 0) is 42.6 Å². The van der Waals surface area contributed by atoms with Crippen molar-refractivity contribution in [2.45, 2.75) is 25.8 Å². The maximum Gasteiger partial charge on any atom is 0.225 e. The molecule has 1 aromatic carbocycles. The zero-order valence-electron chi connectivity index (χ0n) is 15.9. The minimum Gasteiger partial charge on any atom is -0.497 e. The van der Waals surface area contributed by atoms with Gasteiger partial charge in [0.2, 0.25) is 5.95 Å². The van der Waals surface area contributed by atoms with Crippen molar-refractivity contribution >= 4 is 5.95 Å². The van der Waals surface area contributed by atoms with Crippen LogP contribution in [0.5, 0.6) is 5.75 Å². The van der Waals surface area contributed by atoms with Gasteiger partial charge in [0.05, 0.1) is 7.11 Å². The highest BCUT2D eigenvalue weighted by Gasteiger charge is 2.46. The van der Waals surface area contributed by atoms with E-state index >= 15 is 0 Å². The van der Waals surface area contributed by atoms with Crippen LogP contribution in [0.3, 0.4) is 0 Å². The number of nitrogens with zero attached hydrogens (tertiary/aromatic N) is 4. The Balaban J connectivity index is 1.50. The van der Waals surface area contributed by atoms with E-state index in [9.17, 15) is 0 Å². The topological polar surface area (TPSA) is 41.5 Å². The van der Waals surface area contributed by atoms with E-state index in [4.69, 9.17) is 4.74 Å². The van der Waals surface area contributed by atoms with Crippen LogP contribution in [-0.2, 0) is 6.42 Å². The highest BCUT2D eigenvalue weighted by molar-refractivity contribution is 5.36. The molecule has 0 spiro atoms. The van der Waals surface area contributed by atoms with Gasteiger partial charge in [-0.3, -0.25) is 4.90 Å². The third-order valence-corrected chi connectivity index (χ3v) is 5.87. The second kappa shape index (κ2) is 7.23. The Labute approximate surface area is 156 Å². The van der Waals surface area contributed by atoms with Crippen molar-refractivity contribution in [2.75, 3.05) is 38.7 Å². The number of fused-ring (bicyclic) bond motifs is 1. The Bertz CT molecular complexity index is 731. The highest BCUT2D eigenvalue weighted by Crippen LogP contribution is 2.44. The normalized spacial score (nSPS) is 25.5. The number of rotatable bonds is 5. The molecule has 0 N–H and O–H groups in total. The molecule has 5 heteroatoms. The summed E-state index contributed by atoms with van der Waals surface area (Å²) in [4.78, 5) is 14.1. The van der Waals surface area contributed by atoms with E-state index in [1.807, 2.05) is 12.4 Å². The molecule has 2 saturated heterocycles. The van der Waals surface area contributed by atoms with E-state index in [1.165, 1.54) is 11.1 Å². The van der Waals surface area contributed by atoms with Crippen molar-refractivity contribution in [2.24, 2.45) is 11.8 Å². The van der Waals surface area contributed by atoms with Crippen molar-refractivity contribution in [3.8, 4) is 5.75 Å². The first-order valence-electron chi connectivity index (χ1n) is 9.59. The molecule has 0 amide bonds. The number of likely N-dealkylation sites (tertiary alicyclic amines) is 1. The van der Waals surface area contributed by atoms with Gasteiger partial charge in [0.15, 0.2) is 0 Å². The minimum absolute atomic E-state index is 0.454. The Kier molecular flexibility index (Phi) is 4.81. The summed E-state index contributed by atoms with van der Waals surface area (Å²) in [6, 6.07) is 9.01. The van der Waals surface area contributed by atoms with Crippen LogP contribution in [0.15, 0.2) is 36.7 Å². The van der Waals surface area contributed by atoms with Crippen LogP contribution in [0.4, 0.5) is 5.95 Å².